The molecule has 2 aromatic rings. The molecule has 134 valence electrons. The van der Waals surface area contributed by atoms with E-state index >= 15 is 0 Å². The van der Waals surface area contributed by atoms with Crippen LogP contribution in [0.15, 0.2) is 23.6 Å². The summed E-state index contributed by atoms with van der Waals surface area (Å²) < 4.78 is 10.5. The number of carboxylic acid groups (broad SMARTS) is 1. The molecule has 1 aromatic carbocycles. The summed E-state index contributed by atoms with van der Waals surface area (Å²) in [6, 6.07) is 4.36. The van der Waals surface area contributed by atoms with Gasteiger partial charge in [0.1, 0.15) is 11.5 Å². The van der Waals surface area contributed by atoms with Gasteiger partial charge in [-0.15, -0.1) is 11.3 Å². The summed E-state index contributed by atoms with van der Waals surface area (Å²) in [7, 11) is 3.02. The fourth-order valence-electron chi connectivity index (χ4n) is 2.49. The molecule has 7 heteroatoms. The largest absolute Gasteiger partial charge is 0.497 e. The third-order valence-electron chi connectivity index (χ3n) is 4.03. The Balaban J connectivity index is 2.35. The van der Waals surface area contributed by atoms with Crippen LogP contribution >= 0.6 is 11.3 Å². The first-order valence-corrected chi connectivity index (χ1v) is 8.54. The number of carbonyl (C=O) groups excluding carboxylic acids is 1. The normalized spacial score (nSPS) is 11.7. The summed E-state index contributed by atoms with van der Waals surface area (Å²) in [5.74, 6) is -0.262. The van der Waals surface area contributed by atoms with Gasteiger partial charge in [-0.1, -0.05) is 0 Å². The first-order chi connectivity index (χ1) is 11.9. The highest BCUT2D eigenvalue weighted by molar-refractivity contribution is 7.10. The Morgan fingerprint density at radius 2 is 1.96 bits per heavy atom. The van der Waals surface area contributed by atoms with E-state index in [1.165, 1.54) is 25.6 Å². The Hall–Kier alpha value is -2.54. The molecule has 1 heterocycles. The van der Waals surface area contributed by atoms with Crippen molar-refractivity contribution < 1.29 is 24.2 Å². The van der Waals surface area contributed by atoms with Crippen LogP contribution in [0.4, 0.5) is 0 Å². The van der Waals surface area contributed by atoms with Gasteiger partial charge in [0.2, 0.25) is 0 Å². The number of hydrogen-bond acceptors (Lipinski definition) is 5. The fourth-order valence-corrected chi connectivity index (χ4v) is 3.36. The Labute approximate surface area is 150 Å². The smallest absolute Gasteiger partial charge is 0.305 e. The lowest BCUT2D eigenvalue weighted by Crippen LogP contribution is -2.30. The van der Waals surface area contributed by atoms with Gasteiger partial charge >= 0.3 is 5.97 Å². The molecule has 0 spiro atoms. The molecule has 1 unspecified atom stereocenters. The number of carbonyl (C=O) groups is 2. The van der Waals surface area contributed by atoms with E-state index in [0.29, 0.717) is 22.6 Å². The molecular formula is C18H21NO5S. The highest BCUT2D eigenvalue weighted by Gasteiger charge is 2.24. The number of aryl methyl sites for hydroxylation is 1. The summed E-state index contributed by atoms with van der Waals surface area (Å²) in [5, 5.41) is 13.8. The number of amides is 1. The van der Waals surface area contributed by atoms with E-state index in [-0.39, 0.29) is 12.3 Å². The topological polar surface area (TPSA) is 84.9 Å². The van der Waals surface area contributed by atoms with Crippen LogP contribution in [0.25, 0.3) is 0 Å². The van der Waals surface area contributed by atoms with Crippen molar-refractivity contribution >= 4 is 23.2 Å². The second kappa shape index (κ2) is 8.02. The standard InChI is InChI=1S/C18H21NO5S/c1-10-11(2)25-9-14(10)18(22)19-15(8-17(20)21)13-6-5-12(23-3)7-16(13)24-4/h5-7,9,15H,8H2,1-4H3,(H,19,22)(H,20,21). The number of nitrogens with one attached hydrogen (secondary N) is 1. The van der Waals surface area contributed by atoms with Crippen molar-refractivity contribution in [2.24, 2.45) is 0 Å². The zero-order valence-corrected chi connectivity index (χ0v) is 15.4. The van der Waals surface area contributed by atoms with Gasteiger partial charge in [-0.2, -0.15) is 0 Å². The van der Waals surface area contributed by atoms with Crippen molar-refractivity contribution in [3.05, 3.63) is 45.1 Å². The number of hydrogen-bond donors (Lipinski definition) is 2. The molecule has 0 aliphatic carbocycles. The minimum Gasteiger partial charge on any atom is -0.497 e. The molecule has 25 heavy (non-hydrogen) atoms. The molecular weight excluding hydrogens is 342 g/mol. The summed E-state index contributed by atoms with van der Waals surface area (Å²) in [6.45, 7) is 3.82. The maximum Gasteiger partial charge on any atom is 0.305 e. The minimum atomic E-state index is -1.01. The van der Waals surface area contributed by atoms with Crippen molar-refractivity contribution in [3.63, 3.8) is 0 Å². The van der Waals surface area contributed by atoms with Crippen LogP contribution < -0.4 is 14.8 Å². The molecule has 0 aliphatic rings. The Morgan fingerprint density at radius 3 is 2.48 bits per heavy atom. The average Bonchev–Trinajstić information content (AvgIpc) is 2.92. The third kappa shape index (κ3) is 4.30. The van der Waals surface area contributed by atoms with Crippen LogP contribution in [0.3, 0.4) is 0 Å². The summed E-state index contributed by atoms with van der Waals surface area (Å²) in [5.41, 5.74) is 2.05. The number of rotatable bonds is 7. The van der Waals surface area contributed by atoms with E-state index in [0.717, 1.165) is 10.4 Å². The quantitative estimate of drug-likeness (QED) is 0.788. The number of carboxylic acids is 1. The first-order valence-electron chi connectivity index (χ1n) is 7.66. The lowest BCUT2D eigenvalue weighted by atomic mass is 10.0. The van der Waals surface area contributed by atoms with Crippen molar-refractivity contribution in [1.82, 2.24) is 5.32 Å². The van der Waals surface area contributed by atoms with Crippen molar-refractivity contribution in [2.75, 3.05) is 14.2 Å². The van der Waals surface area contributed by atoms with Crippen LogP contribution in [0.1, 0.15) is 38.8 Å². The summed E-state index contributed by atoms with van der Waals surface area (Å²) in [6.07, 6.45) is -0.253. The maximum atomic E-state index is 12.6. The number of benzene rings is 1. The van der Waals surface area contributed by atoms with Crippen LogP contribution in [-0.4, -0.2) is 31.2 Å². The predicted octanol–water partition coefficient (Wildman–Crippen LogP) is 3.33. The molecule has 0 aliphatic heterocycles. The lowest BCUT2D eigenvalue weighted by molar-refractivity contribution is -0.137. The zero-order chi connectivity index (χ0) is 18.6. The Morgan fingerprint density at radius 1 is 1.24 bits per heavy atom. The van der Waals surface area contributed by atoms with Crippen LogP contribution in [0.2, 0.25) is 0 Å². The monoisotopic (exact) mass is 363 g/mol. The van der Waals surface area contributed by atoms with Gasteiger partial charge < -0.3 is 19.9 Å². The minimum absolute atomic E-state index is 0.253. The molecule has 1 atom stereocenters. The van der Waals surface area contributed by atoms with Crippen molar-refractivity contribution in [2.45, 2.75) is 26.3 Å². The number of ether oxygens (including phenoxy) is 2. The van der Waals surface area contributed by atoms with Gasteiger partial charge in [0, 0.05) is 21.9 Å². The van der Waals surface area contributed by atoms with Gasteiger partial charge in [-0.05, 0) is 31.5 Å². The second-order valence-electron chi connectivity index (χ2n) is 5.56. The van der Waals surface area contributed by atoms with E-state index in [2.05, 4.69) is 5.32 Å². The van der Waals surface area contributed by atoms with Crippen molar-refractivity contribution in [1.29, 1.82) is 0 Å². The second-order valence-corrected chi connectivity index (χ2v) is 6.65. The Kier molecular flexibility index (Phi) is 6.03. The highest BCUT2D eigenvalue weighted by atomic mass is 32.1. The number of thiophene rings is 1. The first kappa shape index (κ1) is 18.8. The summed E-state index contributed by atoms with van der Waals surface area (Å²) >= 11 is 1.49. The van der Waals surface area contributed by atoms with E-state index < -0.39 is 12.0 Å². The molecule has 6 nitrogen and oxygen atoms in total. The average molecular weight is 363 g/mol. The highest BCUT2D eigenvalue weighted by Crippen LogP contribution is 2.32. The molecule has 2 rings (SSSR count). The number of methoxy groups -OCH3 is 2. The van der Waals surface area contributed by atoms with Crippen LogP contribution in [0.5, 0.6) is 11.5 Å². The van der Waals surface area contributed by atoms with Crippen LogP contribution in [0, 0.1) is 13.8 Å². The fraction of sp³-hybridized carbons (Fsp3) is 0.333. The van der Waals surface area contributed by atoms with Crippen molar-refractivity contribution in [3.8, 4) is 11.5 Å². The van der Waals surface area contributed by atoms with Gasteiger partial charge in [0.15, 0.2) is 0 Å². The molecule has 0 bridgehead atoms. The maximum absolute atomic E-state index is 12.6. The molecule has 0 saturated heterocycles. The van der Waals surface area contributed by atoms with E-state index in [9.17, 15) is 14.7 Å². The molecule has 0 fully saturated rings. The Bertz CT molecular complexity index is 784. The predicted molar refractivity (Wildman–Crippen MR) is 95.8 cm³/mol. The lowest BCUT2D eigenvalue weighted by Gasteiger charge is -2.20. The van der Waals surface area contributed by atoms with Gasteiger partial charge in [0.05, 0.1) is 32.2 Å². The zero-order valence-electron chi connectivity index (χ0n) is 14.6. The molecule has 0 saturated carbocycles. The third-order valence-corrected chi connectivity index (χ3v) is 5.04. The molecule has 1 amide bonds. The number of aliphatic carboxylic acids is 1. The molecule has 1 aromatic heterocycles. The molecule has 2 N–H and O–H groups in total. The SMILES string of the molecule is COc1ccc(C(CC(=O)O)NC(=O)c2csc(C)c2C)c(OC)c1. The van der Waals surface area contributed by atoms with Gasteiger partial charge in [-0.25, -0.2) is 0 Å². The van der Waals surface area contributed by atoms with Gasteiger partial charge in [0.25, 0.3) is 5.91 Å². The molecule has 0 radical (unpaired) electrons. The van der Waals surface area contributed by atoms with E-state index in [1.54, 1.807) is 23.6 Å². The van der Waals surface area contributed by atoms with E-state index in [1.807, 2.05) is 13.8 Å². The summed E-state index contributed by atoms with van der Waals surface area (Å²) in [4.78, 5) is 24.9. The van der Waals surface area contributed by atoms with E-state index in [4.69, 9.17) is 9.47 Å². The van der Waals surface area contributed by atoms with Crippen LogP contribution in [-0.2, 0) is 4.79 Å². The van der Waals surface area contributed by atoms with Gasteiger partial charge in [-0.3, -0.25) is 9.59 Å².